The van der Waals surface area contributed by atoms with Gasteiger partial charge in [0.1, 0.15) is 0 Å². The molecule has 13 aromatic carbocycles. The molecule has 0 saturated heterocycles. The van der Waals surface area contributed by atoms with E-state index in [1.165, 1.54) is 43.8 Å². The van der Waals surface area contributed by atoms with Gasteiger partial charge in [-0.25, -0.2) is 9.97 Å². The molecule has 0 saturated carbocycles. The molecule has 0 aliphatic rings. The lowest BCUT2D eigenvalue weighted by molar-refractivity contribution is 1.18. The van der Waals surface area contributed by atoms with Crippen LogP contribution in [0.2, 0.25) is 0 Å². The van der Waals surface area contributed by atoms with Gasteiger partial charge in [0.2, 0.25) is 0 Å². The number of benzene rings is 13. The van der Waals surface area contributed by atoms with E-state index in [-0.39, 0.29) is 0 Å². The second-order valence-corrected chi connectivity index (χ2v) is 21.8. The minimum Gasteiger partial charge on any atom is -0.310 e. The zero-order valence-electron chi connectivity index (χ0n) is 46.9. The predicted molar refractivity (Wildman–Crippen MR) is 359 cm³/mol. The molecular formula is C80H54N6. The van der Waals surface area contributed by atoms with Crippen molar-refractivity contribution in [2.75, 3.05) is 9.80 Å². The van der Waals surface area contributed by atoms with Crippen LogP contribution in [-0.2, 0) is 0 Å². The summed E-state index contributed by atoms with van der Waals surface area (Å²) in [6.45, 7) is 0. The quantitative estimate of drug-likeness (QED) is 0.122. The Bertz CT molecular complexity index is 4790. The minimum atomic E-state index is 0.816. The standard InChI is InChI=1S/C80H54N6/c1-5-19-55(20-6-1)57-33-41-65(42-34-57)85-75-31-17-13-27-69(75)71-53-67(49-51-77(71)85)83(61-23-9-3-10-24-61)63-45-37-59(38-46-63)79-80(82-74-30-16-15-29-73(74)81-79)60-39-47-64(48-40-60)84(62-25-11-4-12-26-62)68-50-52-78-72(54-68)70-28-14-18-32-76(70)86(78)66-43-35-58(36-44-66)56-21-7-2-8-22-56/h1-54H. The van der Waals surface area contributed by atoms with Gasteiger partial charge < -0.3 is 18.9 Å². The van der Waals surface area contributed by atoms with Crippen LogP contribution in [0.4, 0.5) is 34.1 Å². The number of hydrogen-bond donors (Lipinski definition) is 0. The lowest BCUT2D eigenvalue weighted by atomic mass is 10.0. The van der Waals surface area contributed by atoms with Crippen molar-refractivity contribution in [3.05, 3.63) is 328 Å². The number of aromatic nitrogens is 4. The number of hydrogen-bond acceptors (Lipinski definition) is 4. The van der Waals surface area contributed by atoms with Gasteiger partial charge in [0.25, 0.3) is 0 Å². The highest BCUT2D eigenvalue weighted by Crippen LogP contribution is 2.44. The number of anilines is 6. The molecule has 16 aromatic rings. The van der Waals surface area contributed by atoms with E-state index in [0.29, 0.717) is 0 Å². The highest BCUT2D eigenvalue weighted by Gasteiger charge is 2.22. The van der Waals surface area contributed by atoms with Crippen LogP contribution in [-0.4, -0.2) is 19.1 Å². The molecule has 0 bridgehead atoms. The minimum absolute atomic E-state index is 0.816. The second kappa shape index (κ2) is 21.3. The van der Waals surface area contributed by atoms with Crippen molar-refractivity contribution < 1.29 is 0 Å². The van der Waals surface area contributed by atoms with E-state index in [0.717, 1.165) is 101 Å². The van der Waals surface area contributed by atoms with Gasteiger partial charge in [-0.1, -0.05) is 194 Å². The molecule has 0 atom stereocenters. The molecule has 404 valence electrons. The molecule has 0 amide bonds. The van der Waals surface area contributed by atoms with Gasteiger partial charge in [-0.2, -0.15) is 0 Å². The predicted octanol–water partition coefficient (Wildman–Crippen LogP) is 21.4. The van der Waals surface area contributed by atoms with E-state index in [9.17, 15) is 0 Å². The highest BCUT2D eigenvalue weighted by atomic mass is 15.1. The van der Waals surface area contributed by atoms with Gasteiger partial charge in [0, 0.05) is 78.2 Å². The van der Waals surface area contributed by atoms with Crippen molar-refractivity contribution in [3.8, 4) is 56.1 Å². The summed E-state index contributed by atoms with van der Waals surface area (Å²) < 4.78 is 4.77. The van der Waals surface area contributed by atoms with Crippen molar-refractivity contribution in [2.45, 2.75) is 0 Å². The van der Waals surface area contributed by atoms with Gasteiger partial charge in [-0.05, 0) is 156 Å². The van der Waals surface area contributed by atoms with Gasteiger partial charge >= 0.3 is 0 Å². The van der Waals surface area contributed by atoms with Crippen LogP contribution in [0.25, 0.3) is 111 Å². The maximum Gasteiger partial charge on any atom is 0.0973 e. The smallest absolute Gasteiger partial charge is 0.0973 e. The first-order chi connectivity index (χ1) is 42.6. The van der Waals surface area contributed by atoms with Crippen molar-refractivity contribution in [1.29, 1.82) is 0 Å². The normalized spacial score (nSPS) is 11.5. The number of rotatable bonds is 12. The summed E-state index contributed by atoms with van der Waals surface area (Å²) in [6, 6.07) is 117. The Morgan fingerprint density at radius 3 is 0.895 bits per heavy atom. The Hall–Kier alpha value is -11.6. The van der Waals surface area contributed by atoms with Gasteiger partial charge in [-0.3, -0.25) is 0 Å². The maximum atomic E-state index is 5.38. The molecular weight excluding hydrogens is 1040 g/mol. The molecule has 6 heteroatoms. The Labute approximate surface area is 498 Å². The van der Waals surface area contributed by atoms with Gasteiger partial charge in [-0.15, -0.1) is 0 Å². The molecule has 3 heterocycles. The summed E-state index contributed by atoms with van der Waals surface area (Å²) >= 11 is 0. The fraction of sp³-hybridized carbons (Fsp3) is 0. The van der Waals surface area contributed by atoms with Crippen LogP contribution in [0.1, 0.15) is 0 Å². The van der Waals surface area contributed by atoms with Crippen LogP contribution < -0.4 is 9.80 Å². The van der Waals surface area contributed by atoms with Crippen LogP contribution >= 0.6 is 0 Å². The Balaban J connectivity index is 0.754. The van der Waals surface area contributed by atoms with Crippen LogP contribution in [0.15, 0.2) is 328 Å². The van der Waals surface area contributed by atoms with Crippen molar-refractivity contribution in [2.24, 2.45) is 0 Å². The summed E-state index contributed by atoms with van der Waals surface area (Å²) in [5.74, 6) is 0. The molecule has 0 unspecified atom stereocenters. The molecule has 0 N–H and O–H groups in total. The molecule has 0 aliphatic heterocycles. The summed E-state index contributed by atoms with van der Waals surface area (Å²) in [4.78, 5) is 15.4. The van der Waals surface area contributed by atoms with Crippen molar-refractivity contribution in [1.82, 2.24) is 19.1 Å². The van der Waals surface area contributed by atoms with Gasteiger partial charge in [0.05, 0.1) is 44.5 Å². The van der Waals surface area contributed by atoms with E-state index in [2.05, 4.69) is 322 Å². The lowest BCUT2D eigenvalue weighted by Crippen LogP contribution is -2.10. The molecule has 6 nitrogen and oxygen atoms in total. The van der Waals surface area contributed by atoms with Crippen LogP contribution in [0.3, 0.4) is 0 Å². The van der Waals surface area contributed by atoms with Crippen LogP contribution in [0, 0.1) is 0 Å². The van der Waals surface area contributed by atoms with E-state index >= 15 is 0 Å². The largest absolute Gasteiger partial charge is 0.310 e. The Morgan fingerprint density at radius 2 is 0.500 bits per heavy atom. The number of nitrogens with zero attached hydrogens (tertiary/aromatic N) is 6. The molecule has 0 radical (unpaired) electrons. The zero-order valence-corrected chi connectivity index (χ0v) is 46.9. The average molecular weight is 1100 g/mol. The molecule has 0 spiro atoms. The summed E-state index contributed by atoms with van der Waals surface area (Å²) in [7, 11) is 0. The fourth-order valence-electron chi connectivity index (χ4n) is 12.6. The Morgan fingerprint density at radius 1 is 0.209 bits per heavy atom. The highest BCUT2D eigenvalue weighted by molar-refractivity contribution is 6.12. The molecule has 0 fully saturated rings. The monoisotopic (exact) mass is 1100 g/mol. The van der Waals surface area contributed by atoms with E-state index < -0.39 is 0 Å². The Kier molecular flexibility index (Phi) is 12.4. The third-order valence-electron chi connectivity index (χ3n) is 16.7. The first kappa shape index (κ1) is 50.2. The summed E-state index contributed by atoms with van der Waals surface area (Å²) in [6.07, 6.45) is 0. The molecule has 86 heavy (non-hydrogen) atoms. The second-order valence-electron chi connectivity index (χ2n) is 21.8. The maximum absolute atomic E-state index is 5.38. The first-order valence-electron chi connectivity index (χ1n) is 29.2. The van der Waals surface area contributed by atoms with E-state index in [1.54, 1.807) is 0 Å². The third kappa shape index (κ3) is 8.92. The van der Waals surface area contributed by atoms with E-state index in [4.69, 9.17) is 9.97 Å². The molecule has 0 aliphatic carbocycles. The topological polar surface area (TPSA) is 42.1 Å². The first-order valence-corrected chi connectivity index (χ1v) is 29.2. The number of fused-ring (bicyclic) bond motifs is 7. The summed E-state index contributed by atoms with van der Waals surface area (Å²) in [5.41, 5.74) is 23.2. The lowest BCUT2D eigenvalue weighted by Gasteiger charge is -2.26. The third-order valence-corrected chi connectivity index (χ3v) is 16.7. The van der Waals surface area contributed by atoms with Crippen LogP contribution in [0.5, 0.6) is 0 Å². The van der Waals surface area contributed by atoms with Crippen molar-refractivity contribution in [3.63, 3.8) is 0 Å². The van der Waals surface area contributed by atoms with E-state index in [1.807, 2.05) is 24.3 Å². The zero-order chi connectivity index (χ0) is 56.9. The van der Waals surface area contributed by atoms with Gasteiger partial charge in [0.15, 0.2) is 0 Å². The number of para-hydroxylation sites is 6. The molecule has 3 aromatic heterocycles. The molecule has 16 rings (SSSR count). The van der Waals surface area contributed by atoms with Crippen molar-refractivity contribution >= 4 is 88.8 Å². The SMILES string of the molecule is c1ccc(-c2ccc(-n3c4ccccc4c4cc(N(c5ccccc5)c5ccc(-c6nc7ccccc7nc6-c6ccc(N(c7ccccc7)c7ccc8c(c7)c7ccccc7n8-c7ccc(-c8ccccc8)cc7)cc6)cc5)ccc43)cc2)cc1. The average Bonchev–Trinajstić information content (AvgIpc) is 2.26. The summed E-state index contributed by atoms with van der Waals surface area (Å²) in [5, 5.41) is 4.77. The fourth-order valence-corrected chi connectivity index (χ4v) is 12.6.